The number of hydrogen-bond donors (Lipinski definition) is 2. The highest BCUT2D eigenvalue weighted by Crippen LogP contribution is 2.55. The molecule has 0 radical (unpaired) electrons. The van der Waals surface area contributed by atoms with Gasteiger partial charge < -0.3 is 10.5 Å². The Kier molecular flexibility index (Phi) is 2.84. The van der Waals surface area contributed by atoms with Crippen LogP contribution < -0.4 is 10.5 Å². The van der Waals surface area contributed by atoms with Crippen molar-refractivity contribution in [1.82, 2.24) is 10.2 Å². The average Bonchev–Trinajstić information content (AvgIpc) is 3.03. The van der Waals surface area contributed by atoms with Crippen LogP contribution in [0.1, 0.15) is 33.5 Å². The van der Waals surface area contributed by atoms with Crippen LogP contribution in [-0.4, -0.2) is 10.2 Å². The molecule has 5 rings (SSSR count). The maximum absolute atomic E-state index is 10.1. The minimum absolute atomic E-state index is 0.109. The van der Waals surface area contributed by atoms with Crippen LogP contribution in [0, 0.1) is 18.3 Å². The molecule has 2 aliphatic rings. The van der Waals surface area contributed by atoms with Gasteiger partial charge in [-0.05, 0) is 35.6 Å². The summed E-state index contributed by atoms with van der Waals surface area (Å²) in [6, 6.07) is 18.8. The molecule has 2 heterocycles. The van der Waals surface area contributed by atoms with Gasteiger partial charge in [0, 0.05) is 5.69 Å². The van der Waals surface area contributed by atoms with Gasteiger partial charge in [0.1, 0.15) is 11.6 Å². The van der Waals surface area contributed by atoms with E-state index in [1.54, 1.807) is 0 Å². The Morgan fingerprint density at radius 2 is 1.73 bits per heavy atom. The number of nitrogens with one attached hydrogen (secondary N) is 1. The number of rotatable bonds is 0. The van der Waals surface area contributed by atoms with Crippen LogP contribution in [0.2, 0.25) is 0 Å². The third-order valence-electron chi connectivity index (χ3n) is 5.45. The minimum Gasteiger partial charge on any atom is -0.420 e. The van der Waals surface area contributed by atoms with Gasteiger partial charge >= 0.3 is 0 Å². The first-order chi connectivity index (χ1) is 12.7. The number of nitriles is 1. The first-order valence-corrected chi connectivity index (χ1v) is 8.48. The van der Waals surface area contributed by atoms with Gasteiger partial charge in [0.05, 0.1) is 11.0 Å². The van der Waals surface area contributed by atoms with Crippen LogP contribution in [0.5, 0.6) is 5.88 Å². The lowest BCUT2D eigenvalue weighted by Gasteiger charge is -2.42. The number of allylic oxidation sites excluding steroid dienone is 1. The molecule has 5 heteroatoms. The molecule has 0 amide bonds. The molecule has 0 saturated heterocycles. The number of H-pyrrole nitrogens is 1. The van der Waals surface area contributed by atoms with Gasteiger partial charge in [0.2, 0.25) is 11.8 Å². The van der Waals surface area contributed by atoms with Crippen molar-refractivity contribution in [2.24, 2.45) is 5.73 Å². The highest BCUT2D eigenvalue weighted by Gasteiger charge is 2.52. The van der Waals surface area contributed by atoms with Crippen LogP contribution in [0.4, 0.5) is 0 Å². The molecule has 0 atom stereocenters. The molecule has 0 saturated carbocycles. The quantitative estimate of drug-likeness (QED) is 0.658. The Morgan fingerprint density at radius 1 is 1.12 bits per heavy atom. The standard InChI is InChI=1S/C21H16N4O/c1-12-18-20(25-24-12)26-19(23)17(11-22)21(18)15-8-4-2-6-13(15)10-14-7-3-5-9-16(14)21/h2-9H,10,23H2,1H3,(H,24,25). The molecule has 1 spiro atoms. The zero-order valence-corrected chi connectivity index (χ0v) is 14.2. The van der Waals surface area contributed by atoms with Gasteiger partial charge in [-0.1, -0.05) is 48.5 Å². The van der Waals surface area contributed by atoms with Crippen molar-refractivity contribution in [3.63, 3.8) is 0 Å². The van der Waals surface area contributed by atoms with Gasteiger partial charge in [-0.2, -0.15) is 5.26 Å². The average molecular weight is 340 g/mol. The normalized spacial score (nSPS) is 16.3. The lowest BCUT2D eigenvalue weighted by atomic mass is 9.59. The second kappa shape index (κ2) is 4.99. The number of aryl methyl sites for hydroxylation is 1. The summed E-state index contributed by atoms with van der Waals surface area (Å²) in [7, 11) is 0. The van der Waals surface area contributed by atoms with Crippen molar-refractivity contribution >= 4 is 0 Å². The molecule has 2 aromatic carbocycles. The molecule has 1 aliphatic heterocycles. The molecular formula is C21H16N4O. The topological polar surface area (TPSA) is 87.7 Å². The third-order valence-corrected chi connectivity index (χ3v) is 5.45. The molecule has 0 fully saturated rings. The predicted molar refractivity (Wildman–Crippen MR) is 96.4 cm³/mol. The molecule has 1 aromatic heterocycles. The Hall–Kier alpha value is -3.52. The fraction of sp³-hybridized carbons (Fsp3) is 0.143. The number of benzene rings is 2. The predicted octanol–water partition coefficient (Wildman–Crippen LogP) is 3.04. The van der Waals surface area contributed by atoms with E-state index in [2.05, 4.69) is 40.5 Å². The summed E-state index contributed by atoms with van der Waals surface area (Å²) in [6.07, 6.45) is 0.819. The van der Waals surface area contributed by atoms with Gasteiger partial charge in [-0.25, -0.2) is 0 Å². The van der Waals surface area contributed by atoms with Gasteiger partial charge in [0.15, 0.2) is 0 Å². The molecule has 5 nitrogen and oxygen atoms in total. The fourth-order valence-electron chi connectivity index (χ4n) is 4.50. The van der Waals surface area contributed by atoms with Crippen LogP contribution in [0.3, 0.4) is 0 Å². The van der Waals surface area contributed by atoms with E-state index in [0.717, 1.165) is 28.8 Å². The van der Waals surface area contributed by atoms with Crippen molar-refractivity contribution in [1.29, 1.82) is 5.26 Å². The third kappa shape index (κ3) is 1.61. The van der Waals surface area contributed by atoms with Crippen LogP contribution in [0.25, 0.3) is 0 Å². The van der Waals surface area contributed by atoms with E-state index in [0.29, 0.717) is 11.5 Å². The summed E-state index contributed by atoms with van der Waals surface area (Å²) in [5.41, 5.74) is 12.0. The Labute approximate surface area is 150 Å². The second-order valence-corrected chi connectivity index (χ2v) is 6.72. The molecule has 0 unspecified atom stereocenters. The molecule has 3 N–H and O–H groups in total. The zero-order chi connectivity index (χ0) is 17.9. The molecule has 1 aliphatic carbocycles. The van der Waals surface area contributed by atoms with Gasteiger partial charge in [-0.3, -0.25) is 5.10 Å². The monoisotopic (exact) mass is 340 g/mol. The summed E-state index contributed by atoms with van der Waals surface area (Å²) in [5.74, 6) is 0.545. The van der Waals surface area contributed by atoms with E-state index in [-0.39, 0.29) is 5.88 Å². The SMILES string of the molecule is Cc1[nH]nc2c1C1(C(C#N)=C(N)O2)c2ccccc2Cc2ccccc21. The highest BCUT2D eigenvalue weighted by molar-refractivity contribution is 5.72. The van der Waals surface area contributed by atoms with Crippen LogP contribution in [-0.2, 0) is 11.8 Å². The molecule has 0 bridgehead atoms. The largest absolute Gasteiger partial charge is 0.420 e. The van der Waals surface area contributed by atoms with E-state index in [4.69, 9.17) is 10.5 Å². The smallest absolute Gasteiger partial charge is 0.244 e. The number of aromatic nitrogens is 2. The molecule has 126 valence electrons. The van der Waals surface area contributed by atoms with E-state index >= 15 is 0 Å². The molecule has 26 heavy (non-hydrogen) atoms. The van der Waals surface area contributed by atoms with Crippen LogP contribution in [0.15, 0.2) is 60.0 Å². The number of fused-ring (bicyclic) bond motifs is 6. The van der Waals surface area contributed by atoms with E-state index < -0.39 is 5.41 Å². The lowest BCUT2D eigenvalue weighted by Crippen LogP contribution is -2.41. The number of nitrogens with two attached hydrogens (primary N) is 1. The zero-order valence-electron chi connectivity index (χ0n) is 14.2. The molecule has 3 aromatic rings. The Morgan fingerprint density at radius 3 is 2.35 bits per heavy atom. The first-order valence-electron chi connectivity index (χ1n) is 8.48. The Bertz CT molecular complexity index is 1090. The van der Waals surface area contributed by atoms with E-state index in [1.807, 2.05) is 31.2 Å². The summed E-state index contributed by atoms with van der Waals surface area (Å²) >= 11 is 0. The molecular weight excluding hydrogens is 324 g/mol. The number of ether oxygens (including phenoxy) is 1. The maximum Gasteiger partial charge on any atom is 0.244 e. The lowest BCUT2D eigenvalue weighted by molar-refractivity contribution is 0.365. The number of hydrogen-bond acceptors (Lipinski definition) is 4. The van der Waals surface area contributed by atoms with Crippen molar-refractivity contribution < 1.29 is 4.74 Å². The van der Waals surface area contributed by atoms with Gasteiger partial charge in [-0.15, -0.1) is 5.10 Å². The first kappa shape index (κ1) is 14.8. The van der Waals surface area contributed by atoms with Crippen molar-refractivity contribution in [3.05, 3.63) is 93.5 Å². The fourth-order valence-corrected chi connectivity index (χ4v) is 4.50. The number of nitrogens with zero attached hydrogens (tertiary/aromatic N) is 2. The van der Waals surface area contributed by atoms with E-state index in [9.17, 15) is 5.26 Å². The maximum atomic E-state index is 10.1. The van der Waals surface area contributed by atoms with E-state index in [1.165, 1.54) is 11.1 Å². The van der Waals surface area contributed by atoms with Crippen molar-refractivity contribution in [3.8, 4) is 11.9 Å². The Balaban J connectivity index is 2.03. The van der Waals surface area contributed by atoms with Crippen molar-refractivity contribution in [2.45, 2.75) is 18.8 Å². The summed E-state index contributed by atoms with van der Waals surface area (Å²) in [5, 5.41) is 17.4. The summed E-state index contributed by atoms with van der Waals surface area (Å²) < 4.78 is 5.71. The summed E-state index contributed by atoms with van der Waals surface area (Å²) in [6.45, 7) is 1.95. The van der Waals surface area contributed by atoms with Gasteiger partial charge in [0.25, 0.3) is 0 Å². The highest BCUT2D eigenvalue weighted by atomic mass is 16.5. The number of aromatic amines is 1. The van der Waals surface area contributed by atoms with Crippen LogP contribution >= 0.6 is 0 Å². The second-order valence-electron chi connectivity index (χ2n) is 6.72. The summed E-state index contributed by atoms with van der Waals surface area (Å²) in [4.78, 5) is 0. The minimum atomic E-state index is -0.811. The van der Waals surface area contributed by atoms with Crippen molar-refractivity contribution in [2.75, 3.05) is 0 Å².